The quantitative estimate of drug-likeness (QED) is 0.288. The summed E-state index contributed by atoms with van der Waals surface area (Å²) in [7, 11) is 0. The molecule has 26 heavy (non-hydrogen) atoms. The fraction of sp³-hybridized carbons (Fsp3) is 0.632. The van der Waals surface area contributed by atoms with Crippen molar-refractivity contribution in [3.8, 4) is 0 Å². The fourth-order valence-electron chi connectivity index (χ4n) is 3.21. The molecule has 0 spiro atoms. The lowest BCUT2D eigenvalue weighted by molar-refractivity contribution is -0.144. The maximum atomic E-state index is 12.4. The Balaban J connectivity index is 1.78. The Kier molecular flexibility index (Phi) is 6.89. The van der Waals surface area contributed by atoms with E-state index in [9.17, 15) is 4.79 Å². The number of thioether (sulfide) groups is 1. The van der Waals surface area contributed by atoms with Crippen LogP contribution in [0.2, 0.25) is 0 Å². The van der Waals surface area contributed by atoms with Gasteiger partial charge in [0.15, 0.2) is 0 Å². The van der Waals surface area contributed by atoms with Crippen molar-refractivity contribution in [2.45, 2.75) is 56.7 Å². The number of fused-ring (bicyclic) bond motifs is 3. The average molecular weight is 395 g/mol. The summed E-state index contributed by atoms with van der Waals surface area (Å²) in [6, 6.07) is 0. The third kappa shape index (κ3) is 4.38. The Bertz CT molecular complexity index is 763. The molecule has 2 heterocycles. The van der Waals surface area contributed by atoms with Gasteiger partial charge in [-0.1, -0.05) is 25.6 Å². The predicted octanol–water partition coefficient (Wildman–Crippen LogP) is 4.27. The number of aryl methyl sites for hydroxylation is 1. The lowest BCUT2D eigenvalue weighted by Gasteiger charge is -2.18. The van der Waals surface area contributed by atoms with Crippen LogP contribution in [0.4, 0.5) is 0 Å². The van der Waals surface area contributed by atoms with E-state index in [0.29, 0.717) is 26.2 Å². The minimum absolute atomic E-state index is 0.193. The molecular formula is C19H26N2O3S2. The van der Waals surface area contributed by atoms with Crippen molar-refractivity contribution in [1.82, 2.24) is 9.97 Å². The molecule has 2 atom stereocenters. The lowest BCUT2D eigenvalue weighted by Crippen LogP contribution is -2.21. The number of thiophene rings is 1. The number of carbonyl (C=O) groups is 1. The number of hydrogen-bond acceptors (Lipinski definition) is 7. The maximum Gasteiger partial charge on any atom is 0.319 e. The van der Waals surface area contributed by atoms with Crippen molar-refractivity contribution in [3.63, 3.8) is 0 Å². The third-order valence-electron chi connectivity index (χ3n) is 4.62. The van der Waals surface area contributed by atoms with Crippen LogP contribution in [0.1, 0.15) is 44.1 Å². The molecule has 0 saturated heterocycles. The van der Waals surface area contributed by atoms with Gasteiger partial charge in [0.05, 0.1) is 6.61 Å². The predicted molar refractivity (Wildman–Crippen MR) is 106 cm³/mol. The molecule has 0 amide bonds. The van der Waals surface area contributed by atoms with Gasteiger partial charge in [0.1, 0.15) is 28.0 Å². The first-order valence-corrected chi connectivity index (χ1v) is 11.0. The molecule has 0 bridgehead atoms. The summed E-state index contributed by atoms with van der Waals surface area (Å²) in [5.74, 6) is 0.532. The highest BCUT2D eigenvalue weighted by molar-refractivity contribution is 8.00. The van der Waals surface area contributed by atoms with Gasteiger partial charge < -0.3 is 9.47 Å². The summed E-state index contributed by atoms with van der Waals surface area (Å²) in [4.78, 5) is 23.9. The maximum absolute atomic E-state index is 12.4. The minimum atomic E-state index is -0.257. The number of aromatic nitrogens is 2. The first-order chi connectivity index (χ1) is 12.6. The molecule has 0 saturated carbocycles. The second-order valence-electron chi connectivity index (χ2n) is 6.59. The minimum Gasteiger partial charge on any atom is -0.462 e. The zero-order valence-electron chi connectivity index (χ0n) is 15.6. The number of hydrogen-bond donors (Lipinski definition) is 0. The molecule has 0 unspecified atom stereocenters. The number of carbonyl (C=O) groups excluding carboxylic acids is 1. The van der Waals surface area contributed by atoms with Gasteiger partial charge in [0.2, 0.25) is 0 Å². The number of ether oxygens (including phenoxy) is 2. The molecule has 5 nitrogen and oxygen atoms in total. The third-order valence-corrected chi connectivity index (χ3v) is 7.13. The van der Waals surface area contributed by atoms with Crippen molar-refractivity contribution in [2.24, 2.45) is 5.92 Å². The molecular weight excluding hydrogens is 368 g/mol. The first-order valence-electron chi connectivity index (χ1n) is 9.30. The smallest absolute Gasteiger partial charge is 0.319 e. The van der Waals surface area contributed by atoms with E-state index >= 15 is 0 Å². The summed E-state index contributed by atoms with van der Waals surface area (Å²) < 4.78 is 10.6. The fourth-order valence-corrected chi connectivity index (χ4v) is 5.67. The van der Waals surface area contributed by atoms with Crippen molar-refractivity contribution in [1.29, 1.82) is 0 Å². The van der Waals surface area contributed by atoms with Crippen LogP contribution < -0.4 is 0 Å². The van der Waals surface area contributed by atoms with E-state index in [4.69, 9.17) is 9.47 Å². The lowest BCUT2D eigenvalue weighted by atomic mass is 9.89. The number of esters is 1. The molecule has 0 aromatic carbocycles. The van der Waals surface area contributed by atoms with Crippen LogP contribution in [-0.4, -0.2) is 41.0 Å². The normalized spacial score (nSPS) is 17.9. The van der Waals surface area contributed by atoms with Gasteiger partial charge in [-0.25, -0.2) is 9.97 Å². The number of nitrogens with zero attached hydrogens (tertiary/aromatic N) is 2. The van der Waals surface area contributed by atoms with E-state index in [2.05, 4.69) is 16.9 Å². The molecule has 1 aliphatic carbocycles. The van der Waals surface area contributed by atoms with E-state index in [1.165, 1.54) is 28.6 Å². The molecule has 0 radical (unpaired) electrons. The standard InChI is InChI=1S/C19H26N2O3S2/c1-4-14(19(22)24-9-8-23-5-2)25-17-16-13-7-6-12(3)10-15(13)26-18(16)21-11-20-17/h11-12,14H,4-10H2,1-3H3/t12-,14-/m0/s1. The summed E-state index contributed by atoms with van der Waals surface area (Å²) in [6.07, 6.45) is 5.72. The molecule has 1 aliphatic rings. The van der Waals surface area contributed by atoms with Crippen molar-refractivity contribution >= 4 is 39.3 Å². The summed E-state index contributed by atoms with van der Waals surface area (Å²) in [5, 5.41) is 1.81. The van der Waals surface area contributed by atoms with Crippen LogP contribution in [0.15, 0.2) is 11.4 Å². The summed E-state index contributed by atoms with van der Waals surface area (Å²) in [5.41, 5.74) is 1.39. The van der Waals surface area contributed by atoms with Crippen LogP contribution in [-0.2, 0) is 27.1 Å². The van der Waals surface area contributed by atoms with Crippen LogP contribution in [0.3, 0.4) is 0 Å². The van der Waals surface area contributed by atoms with Gasteiger partial charge >= 0.3 is 5.97 Å². The Labute approximate surface area is 162 Å². The van der Waals surface area contributed by atoms with Gasteiger partial charge in [0, 0.05) is 16.9 Å². The molecule has 2 aromatic heterocycles. The molecule has 142 valence electrons. The van der Waals surface area contributed by atoms with Crippen molar-refractivity contribution < 1.29 is 14.3 Å². The van der Waals surface area contributed by atoms with Gasteiger partial charge in [-0.3, -0.25) is 4.79 Å². The second kappa shape index (κ2) is 9.15. The van der Waals surface area contributed by atoms with Crippen molar-refractivity contribution in [3.05, 3.63) is 16.8 Å². The monoisotopic (exact) mass is 394 g/mol. The number of rotatable bonds is 8. The first kappa shape index (κ1) is 19.6. The van der Waals surface area contributed by atoms with Crippen molar-refractivity contribution in [2.75, 3.05) is 19.8 Å². The van der Waals surface area contributed by atoms with E-state index in [1.807, 2.05) is 13.8 Å². The van der Waals surface area contributed by atoms with E-state index in [-0.39, 0.29) is 11.2 Å². The zero-order valence-corrected chi connectivity index (χ0v) is 17.3. The highest BCUT2D eigenvalue weighted by Gasteiger charge is 2.26. The Hall–Kier alpha value is -1.18. The van der Waals surface area contributed by atoms with Crippen LogP contribution in [0.25, 0.3) is 10.2 Å². The van der Waals surface area contributed by atoms with Gasteiger partial charge in [-0.15, -0.1) is 11.3 Å². The second-order valence-corrected chi connectivity index (χ2v) is 8.86. The van der Waals surface area contributed by atoms with E-state index in [0.717, 1.165) is 34.0 Å². The highest BCUT2D eigenvalue weighted by atomic mass is 32.2. The Morgan fingerprint density at radius 1 is 1.38 bits per heavy atom. The topological polar surface area (TPSA) is 61.3 Å². The average Bonchev–Trinajstić information content (AvgIpc) is 3.01. The largest absolute Gasteiger partial charge is 0.462 e. The SMILES string of the molecule is CCOCCOC(=O)[C@H](CC)Sc1ncnc2sc3c(c12)CC[C@H](C)C3. The van der Waals surface area contributed by atoms with Gasteiger partial charge in [0.25, 0.3) is 0 Å². The highest BCUT2D eigenvalue weighted by Crippen LogP contribution is 2.41. The molecule has 0 aliphatic heterocycles. The molecule has 3 rings (SSSR count). The molecule has 0 fully saturated rings. The molecule has 7 heteroatoms. The Morgan fingerprint density at radius 2 is 2.23 bits per heavy atom. The molecule has 0 N–H and O–H groups in total. The van der Waals surface area contributed by atoms with Gasteiger partial charge in [-0.05, 0) is 44.1 Å². The van der Waals surface area contributed by atoms with E-state index in [1.54, 1.807) is 17.7 Å². The van der Waals surface area contributed by atoms with Crippen LogP contribution >= 0.6 is 23.1 Å². The van der Waals surface area contributed by atoms with E-state index < -0.39 is 0 Å². The summed E-state index contributed by atoms with van der Waals surface area (Å²) in [6.45, 7) is 7.61. The van der Waals surface area contributed by atoms with Gasteiger partial charge in [-0.2, -0.15) is 0 Å². The zero-order chi connectivity index (χ0) is 18.5. The van der Waals surface area contributed by atoms with Crippen LogP contribution in [0.5, 0.6) is 0 Å². The van der Waals surface area contributed by atoms with Crippen LogP contribution in [0, 0.1) is 5.92 Å². The summed E-state index contributed by atoms with van der Waals surface area (Å²) >= 11 is 3.29. The molecule has 2 aromatic rings. The Morgan fingerprint density at radius 3 is 3.00 bits per heavy atom.